The molecule has 2 heterocycles. The van der Waals surface area contributed by atoms with E-state index in [1.54, 1.807) is 13.8 Å². The lowest BCUT2D eigenvalue weighted by atomic mass is 9.97. The van der Waals surface area contributed by atoms with Crippen LogP contribution >= 0.6 is 0 Å². The first-order valence-corrected chi connectivity index (χ1v) is 7.16. The summed E-state index contributed by atoms with van der Waals surface area (Å²) in [4.78, 5) is 25.9. The van der Waals surface area contributed by atoms with Crippen LogP contribution in [0.3, 0.4) is 0 Å². The molecule has 0 aromatic rings. The number of carbonyl (C=O) groups excluding carboxylic acids is 2. The number of amides is 2. The molecule has 5 heteroatoms. The van der Waals surface area contributed by atoms with Crippen molar-refractivity contribution in [3.05, 3.63) is 0 Å². The third-order valence-electron chi connectivity index (χ3n) is 4.09. The van der Waals surface area contributed by atoms with Gasteiger partial charge in [-0.25, -0.2) is 0 Å². The average molecular weight is 268 g/mol. The van der Waals surface area contributed by atoms with Crippen LogP contribution in [0.15, 0.2) is 0 Å². The van der Waals surface area contributed by atoms with E-state index in [2.05, 4.69) is 12.2 Å². The van der Waals surface area contributed by atoms with E-state index in [0.717, 1.165) is 19.4 Å². The minimum absolute atomic E-state index is 0.0140. The highest BCUT2D eigenvalue weighted by molar-refractivity contribution is 5.92. The predicted molar refractivity (Wildman–Crippen MR) is 71.6 cm³/mol. The molecule has 108 valence electrons. The molecule has 0 aromatic carbocycles. The molecule has 1 N–H and O–H groups in total. The fourth-order valence-corrected chi connectivity index (χ4v) is 3.01. The van der Waals surface area contributed by atoms with Gasteiger partial charge in [0.25, 0.3) is 0 Å². The minimum atomic E-state index is -0.797. The first kappa shape index (κ1) is 14.3. The van der Waals surface area contributed by atoms with Crippen LogP contribution in [0.2, 0.25) is 0 Å². The smallest absolute Gasteiger partial charge is 0.247 e. The van der Waals surface area contributed by atoms with Crippen molar-refractivity contribution in [3.8, 4) is 0 Å². The minimum Gasteiger partial charge on any atom is -0.378 e. The Morgan fingerprint density at radius 1 is 1.42 bits per heavy atom. The van der Waals surface area contributed by atoms with Gasteiger partial charge < -0.3 is 15.0 Å². The van der Waals surface area contributed by atoms with Gasteiger partial charge in [0.2, 0.25) is 11.8 Å². The summed E-state index contributed by atoms with van der Waals surface area (Å²) in [5.41, 5.74) is -0.797. The standard InChI is InChI=1S/C14H24N2O3/c1-4-11-10(6-8-19-11)9-16-7-5-12(17)15-14(2,3)13(16)18/h10-11H,4-9H2,1-3H3,(H,15,17). The van der Waals surface area contributed by atoms with Crippen molar-refractivity contribution in [2.24, 2.45) is 5.92 Å². The van der Waals surface area contributed by atoms with E-state index in [1.165, 1.54) is 0 Å². The van der Waals surface area contributed by atoms with Gasteiger partial charge in [-0.3, -0.25) is 9.59 Å². The van der Waals surface area contributed by atoms with Crippen LogP contribution in [-0.4, -0.2) is 48.1 Å². The fourth-order valence-electron chi connectivity index (χ4n) is 3.01. The van der Waals surface area contributed by atoms with Gasteiger partial charge in [-0.15, -0.1) is 0 Å². The highest BCUT2D eigenvalue weighted by Crippen LogP contribution is 2.26. The van der Waals surface area contributed by atoms with E-state index in [0.29, 0.717) is 25.4 Å². The summed E-state index contributed by atoms with van der Waals surface area (Å²) in [5.74, 6) is 0.369. The van der Waals surface area contributed by atoms with Gasteiger partial charge >= 0.3 is 0 Å². The molecule has 19 heavy (non-hydrogen) atoms. The number of nitrogens with zero attached hydrogens (tertiary/aromatic N) is 1. The zero-order chi connectivity index (χ0) is 14.0. The Morgan fingerprint density at radius 2 is 2.16 bits per heavy atom. The molecule has 0 radical (unpaired) electrons. The second-order valence-electron chi connectivity index (χ2n) is 6.04. The van der Waals surface area contributed by atoms with Crippen LogP contribution in [0, 0.1) is 5.92 Å². The van der Waals surface area contributed by atoms with Gasteiger partial charge in [0.15, 0.2) is 0 Å². The van der Waals surface area contributed by atoms with Crippen molar-refractivity contribution in [2.75, 3.05) is 19.7 Å². The summed E-state index contributed by atoms with van der Waals surface area (Å²) >= 11 is 0. The molecule has 0 saturated carbocycles. The molecule has 2 rings (SSSR count). The number of hydrogen-bond donors (Lipinski definition) is 1. The van der Waals surface area contributed by atoms with Crippen molar-refractivity contribution in [1.29, 1.82) is 0 Å². The second-order valence-corrected chi connectivity index (χ2v) is 6.04. The van der Waals surface area contributed by atoms with E-state index in [4.69, 9.17) is 4.74 Å². The molecule has 2 saturated heterocycles. The Hall–Kier alpha value is -1.10. The molecule has 2 atom stereocenters. The number of nitrogens with one attached hydrogen (secondary N) is 1. The Labute approximate surface area is 114 Å². The lowest BCUT2D eigenvalue weighted by Crippen LogP contribution is -2.53. The van der Waals surface area contributed by atoms with Crippen LogP contribution in [0.1, 0.15) is 40.0 Å². The normalized spacial score (nSPS) is 31.2. The maximum atomic E-state index is 12.5. The van der Waals surface area contributed by atoms with Crippen molar-refractivity contribution in [2.45, 2.75) is 51.7 Å². The lowest BCUT2D eigenvalue weighted by molar-refractivity contribution is -0.138. The quantitative estimate of drug-likeness (QED) is 0.828. The highest BCUT2D eigenvalue weighted by Gasteiger charge is 2.38. The molecular formula is C14H24N2O3. The molecule has 2 amide bonds. The van der Waals surface area contributed by atoms with Gasteiger partial charge in [0, 0.05) is 32.0 Å². The van der Waals surface area contributed by atoms with Crippen LogP contribution in [0.25, 0.3) is 0 Å². The fraction of sp³-hybridized carbons (Fsp3) is 0.857. The average Bonchev–Trinajstić information content (AvgIpc) is 2.76. The molecule has 0 aromatic heterocycles. The predicted octanol–water partition coefficient (Wildman–Crippen LogP) is 0.929. The van der Waals surface area contributed by atoms with Crippen LogP contribution < -0.4 is 5.32 Å². The summed E-state index contributed by atoms with van der Waals surface area (Å²) in [7, 11) is 0. The van der Waals surface area contributed by atoms with Gasteiger partial charge in [0.1, 0.15) is 5.54 Å². The third kappa shape index (κ3) is 3.08. The number of ether oxygens (including phenoxy) is 1. The van der Waals surface area contributed by atoms with E-state index in [1.807, 2.05) is 4.90 Å². The lowest BCUT2D eigenvalue weighted by Gasteiger charge is -2.31. The molecule has 2 fully saturated rings. The first-order valence-electron chi connectivity index (χ1n) is 7.16. The van der Waals surface area contributed by atoms with Gasteiger partial charge in [-0.1, -0.05) is 6.92 Å². The maximum absolute atomic E-state index is 12.5. The summed E-state index contributed by atoms with van der Waals surface area (Å²) in [6, 6.07) is 0. The summed E-state index contributed by atoms with van der Waals surface area (Å²) < 4.78 is 5.68. The summed E-state index contributed by atoms with van der Waals surface area (Å²) in [6.45, 7) is 7.66. The topological polar surface area (TPSA) is 58.6 Å². The van der Waals surface area contributed by atoms with Crippen molar-refractivity contribution in [3.63, 3.8) is 0 Å². The van der Waals surface area contributed by atoms with Crippen LogP contribution in [-0.2, 0) is 14.3 Å². The zero-order valence-electron chi connectivity index (χ0n) is 12.1. The Balaban J connectivity index is 2.06. The first-order chi connectivity index (χ1) is 8.94. The zero-order valence-corrected chi connectivity index (χ0v) is 12.1. The molecule has 0 spiro atoms. The van der Waals surface area contributed by atoms with Crippen LogP contribution in [0.4, 0.5) is 0 Å². The van der Waals surface area contributed by atoms with Gasteiger partial charge in [0.05, 0.1) is 6.10 Å². The van der Waals surface area contributed by atoms with E-state index in [-0.39, 0.29) is 17.9 Å². The largest absolute Gasteiger partial charge is 0.378 e. The molecule has 0 bridgehead atoms. The van der Waals surface area contributed by atoms with E-state index in [9.17, 15) is 9.59 Å². The van der Waals surface area contributed by atoms with Crippen molar-refractivity contribution in [1.82, 2.24) is 10.2 Å². The summed E-state index contributed by atoms with van der Waals surface area (Å²) in [5, 5.41) is 2.79. The molecule has 0 aliphatic carbocycles. The Bertz CT molecular complexity index is 368. The van der Waals surface area contributed by atoms with E-state index >= 15 is 0 Å². The molecule has 2 aliphatic heterocycles. The van der Waals surface area contributed by atoms with Gasteiger partial charge in [-0.2, -0.15) is 0 Å². The molecule has 2 aliphatic rings. The van der Waals surface area contributed by atoms with Crippen molar-refractivity contribution < 1.29 is 14.3 Å². The number of carbonyl (C=O) groups is 2. The van der Waals surface area contributed by atoms with Gasteiger partial charge in [-0.05, 0) is 26.7 Å². The maximum Gasteiger partial charge on any atom is 0.247 e. The third-order valence-corrected chi connectivity index (χ3v) is 4.09. The SMILES string of the molecule is CCC1OCCC1CN1CCC(=O)NC(C)(C)C1=O. The number of hydrogen-bond acceptors (Lipinski definition) is 3. The summed E-state index contributed by atoms with van der Waals surface area (Å²) in [6.07, 6.45) is 2.62. The Kier molecular flexibility index (Phi) is 4.13. The molecule has 2 unspecified atom stereocenters. The Morgan fingerprint density at radius 3 is 2.84 bits per heavy atom. The number of rotatable bonds is 3. The second kappa shape index (κ2) is 5.49. The molecular weight excluding hydrogens is 244 g/mol. The highest BCUT2D eigenvalue weighted by atomic mass is 16.5. The monoisotopic (exact) mass is 268 g/mol. The van der Waals surface area contributed by atoms with Crippen LogP contribution in [0.5, 0.6) is 0 Å². The van der Waals surface area contributed by atoms with E-state index < -0.39 is 5.54 Å². The van der Waals surface area contributed by atoms with Crippen molar-refractivity contribution >= 4 is 11.8 Å². The molecule has 5 nitrogen and oxygen atoms in total.